The van der Waals surface area contributed by atoms with Gasteiger partial charge in [0.05, 0.1) is 6.10 Å². The molecule has 0 radical (unpaired) electrons. The lowest BCUT2D eigenvalue weighted by Gasteiger charge is -2.58. The Hall–Kier alpha value is -0.830. The third kappa shape index (κ3) is 5.76. The second-order valence-corrected chi connectivity index (χ2v) is 13.3. The maximum Gasteiger partial charge on any atom is 0.303 e. The first-order valence-corrected chi connectivity index (χ1v) is 14.6. The minimum atomic E-state index is -0.711. The molecular weight excluding hydrogens is 420 g/mol. The van der Waals surface area contributed by atoms with Crippen LogP contribution in [-0.2, 0) is 4.79 Å². The highest BCUT2D eigenvalue weighted by Gasteiger charge is 2.59. The monoisotopic (exact) mass is 474 g/mol. The maximum atomic E-state index is 10.2. The zero-order chi connectivity index (χ0) is 25.1. The standard InChI is InChI=1S/C27H46O.C4H8O2/c1-18(2)7-6-8-19(3)23-11-12-24-22-10-9-20-17-21(28)13-15-26(20,4)25(22)14-16-27(23,24)5;1-2-3-4(5)6/h9,18-19,21-25,28H,6-8,10-17H2,1-5H3;2-3H2,1H3,(H,5,6)/t19-,21+,22+,23-,24+,25+,26+,27-;/m1./s1. The molecule has 34 heavy (non-hydrogen) atoms. The molecule has 2 N–H and O–H groups in total. The van der Waals surface area contributed by atoms with E-state index in [1.807, 2.05) is 6.92 Å². The Morgan fingerprint density at radius 3 is 2.41 bits per heavy atom. The fourth-order valence-electron chi connectivity index (χ4n) is 8.88. The van der Waals surface area contributed by atoms with Crippen molar-refractivity contribution < 1.29 is 15.0 Å². The van der Waals surface area contributed by atoms with Crippen molar-refractivity contribution in [2.75, 3.05) is 0 Å². The van der Waals surface area contributed by atoms with E-state index in [9.17, 15) is 9.90 Å². The Labute approximate surface area is 210 Å². The zero-order valence-corrected chi connectivity index (χ0v) is 23.1. The first kappa shape index (κ1) is 27.8. The second kappa shape index (κ2) is 11.5. The number of aliphatic carboxylic acids is 1. The summed E-state index contributed by atoms with van der Waals surface area (Å²) in [6, 6.07) is 0. The van der Waals surface area contributed by atoms with E-state index in [-0.39, 0.29) is 6.10 Å². The van der Waals surface area contributed by atoms with Crippen LogP contribution in [0.4, 0.5) is 0 Å². The van der Waals surface area contributed by atoms with Crippen molar-refractivity contribution in [2.45, 2.75) is 131 Å². The predicted octanol–water partition coefficient (Wildman–Crippen LogP) is 8.26. The van der Waals surface area contributed by atoms with Gasteiger partial charge in [-0.3, -0.25) is 4.79 Å². The number of carboxylic acid groups (broad SMARTS) is 1. The number of hydrogen-bond acceptors (Lipinski definition) is 2. The van der Waals surface area contributed by atoms with Gasteiger partial charge in [0, 0.05) is 6.42 Å². The average molecular weight is 475 g/mol. The Bertz CT molecular complexity index is 711. The van der Waals surface area contributed by atoms with Gasteiger partial charge in [-0.15, -0.1) is 0 Å². The maximum absolute atomic E-state index is 10.2. The van der Waals surface area contributed by atoms with Crippen LogP contribution in [0, 0.1) is 46.3 Å². The molecule has 8 atom stereocenters. The first-order chi connectivity index (χ1) is 16.0. The van der Waals surface area contributed by atoms with E-state index < -0.39 is 5.97 Å². The van der Waals surface area contributed by atoms with Gasteiger partial charge in [0.2, 0.25) is 0 Å². The summed E-state index contributed by atoms with van der Waals surface area (Å²) in [5, 5.41) is 18.1. The SMILES string of the molecule is CC(C)CCC[C@@H](C)[C@H]1CC[C@H]2[C@@H]3CC=C4C[C@@H](O)CC[C@]4(C)[C@H]3CC[C@]12C.CCCC(=O)O. The number of rotatable bonds is 7. The highest BCUT2D eigenvalue weighted by Crippen LogP contribution is 2.67. The van der Waals surface area contributed by atoms with Crippen LogP contribution in [0.25, 0.3) is 0 Å². The van der Waals surface area contributed by atoms with Crippen molar-refractivity contribution in [3.05, 3.63) is 11.6 Å². The number of hydrogen-bond donors (Lipinski definition) is 2. The number of aliphatic hydroxyl groups is 1. The topological polar surface area (TPSA) is 57.5 Å². The largest absolute Gasteiger partial charge is 0.481 e. The molecule has 196 valence electrons. The molecule has 0 saturated heterocycles. The van der Waals surface area contributed by atoms with Gasteiger partial charge >= 0.3 is 5.97 Å². The van der Waals surface area contributed by atoms with Crippen molar-refractivity contribution in [3.8, 4) is 0 Å². The molecule has 0 aromatic rings. The Morgan fingerprint density at radius 1 is 1.06 bits per heavy atom. The van der Waals surface area contributed by atoms with Gasteiger partial charge in [-0.05, 0) is 104 Å². The van der Waals surface area contributed by atoms with E-state index in [1.165, 1.54) is 57.8 Å². The molecule has 3 nitrogen and oxygen atoms in total. The van der Waals surface area contributed by atoms with Crippen LogP contribution in [0.1, 0.15) is 125 Å². The second-order valence-electron chi connectivity index (χ2n) is 13.3. The number of carboxylic acids is 1. The minimum Gasteiger partial charge on any atom is -0.481 e. The average Bonchev–Trinajstić information content (AvgIpc) is 3.11. The summed E-state index contributed by atoms with van der Waals surface area (Å²) in [5.41, 5.74) is 2.60. The van der Waals surface area contributed by atoms with Crippen LogP contribution >= 0.6 is 0 Å². The molecule has 3 saturated carbocycles. The van der Waals surface area contributed by atoms with Gasteiger partial charge in [-0.1, -0.05) is 72.5 Å². The van der Waals surface area contributed by atoms with Crippen LogP contribution < -0.4 is 0 Å². The summed E-state index contributed by atoms with van der Waals surface area (Å²) in [5.74, 6) is 4.75. The molecule has 0 bridgehead atoms. The minimum absolute atomic E-state index is 0.0766. The van der Waals surface area contributed by atoms with Crippen LogP contribution in [0.5, 0.6) is 0 Å². The molecule has 0 aliphatic heterocycles. The Kier molecular flexibility index (Phi) is 9.37. The van der Waals surface area contributed by atoms with Crippen molar-refractivity contribution in [2.24, 2.45) is 46.3 Å². The van der Waals surface area contributed by atoms with E-state index in [4.69, 9.17) is 5.11 Å². The molecule has 0 amide bonds. The van der Waals surface area contributed by atoms with E-state index in [2.05, 4.69) is 40.7 Å². The van der Waals surface area contributed by atoms with E-state index in [0.717, 1.165) is 54.8 Å². The van der Waals surface area contributed by atoms with Gasteiger partial charge in [0.1, 0.15) is 0 Å². The van der Waals surface area contributed by atoms with Gasteiger partial charge < -0.3 is 10.2 Å². The highest BCUT2D eigenvalue weighted by molar-refractivity contribution is 5.66. The third-order valence-electron chi connectivity index (χ3n) is 10.7. The number of aliphatic hydroxyl groups excluding tert-OH is 1. The van der Waals surface area contributed by atoms with Gasteiger partial charge in [-0.25, -0.2) is 0 Å². The Balaban J connectivity index is 0.000000481. The number of fused-ring (bicyclic) bond motifs is 5. The van der Waals surface area contributed by atoms with Crippen LogP contribution in [-0.4, -0.2) is 22.3 Å². The van der Waals surface area contributed by atoms with E-state index >= 15 is 0 Å². The van der Waals surface area contributed by atoms with Gasteiger partial charge in [0.25, 0.3) is 0 Å². The summed E-state index contributed by atoms with van der Waals surface area (Å²) >= 11 is 0. The molecule has 0 unspecified atom stereocenters. The third-order valence-corrected chi connectivity index (χ3v) is 10.7. The van der Waals surface area contributed by atoms with Crippen LogP contribution in [0.3, 0.4) is 0 Å². The van der Waals surface area contributed by atoms with Crippen LogP contribution in [0.2, 0.25) is 0 Å². The summed E-state index contributed by atoms with van der Waals surface area (Å²) in [4.78, 5) is 9.60. The summed E-state index contributed by atoms with van der Waals surface area (Å²) in [6.07, 6.45) is 18.2. The van der Waals surface area contributed by atoms with Crippen LogP contribution in [0.15, 0.2) is 11.6 Å². The van der Waals surface area contributed by atoms with E-state index in [0.29, 0.717) is 17.3 Å². The Morgan fingerprint density at radius 2 is 1.79 bits per heavy atom. The summed E-state index contributed by atoms with van der Waals surface area (Å²) < 4.78 is 0. The fraction of sp³-hybridized carbons (Fsp3) is 0.903. The molecule has 4 aliphatic rings. The fourth-order valence-corrected chi connectivity index (χ4v) is 8.88. The smallest absolute Gasteiger partial charge is 0.303 e. The molecule has 3 heteroatoms. The lowest BCUT2D eigenvalue weighted by atomic mass is 9.47. The molecule has 0 heterocycles. The lowest BCUT2D eigenvalue weighted by molar-refractivity contribution is -0.137. The summed E-state index contributed by atoms with van der Waals surface area (Å²) in [6.45, 7) is 14.4. The van der Waals surface area contributed by atoms with Gasteiger partial charge in [-0.2, -0.15) is 0 Å². The van der Waals surface area contributed by atoms with Crippen molar-refractivity contribution >= 4 is 5.97 Å². The molecular formula is C31H54O3. The summed E-state index contributed by atoms with van der Waals surface area (Å²) in [7, 11) is 0. The van der Waals surface area contributed by atoms with E-state index in [1.54, 1.807) is 5.57 Å². The highest BCUT2D eigenvalue weighted by atomic mass is 16.4. The van der Waals surface area contributed by atoms with Gasteiger partial charge in [0.15, 0.2) is 0 Å². The molecule has 0 spiro atoms. The van der Waals surface area contributed by atoms with Crippen molar-refractivity contribution in [1.82, 2.24) is 0 Å². The van der Waals surface area contributed by atoms with Crippen molar-refractivity contribution in [1.29, 1.82) is 0 Å². The first-order valence-electron chi connectivity index (χ1n) is 14.6. The lowest BCUT2D eigenvalue weighted by Crippen LogP contribution is -2.50. The molecule has 3 fully saturated rings. The predicted molar refractivity (Wildman–Crippen MR) is 142 cm³/mol. The molecule has 0 aromatic heterocycles. The molecule has 0 aromatic carbocycles. The molecule has 4 aliphatic carbocycles. The zero-order valence-electron chi connectivity index (χ0n) is 23.1. The molecule has 4 rings (SSSR count). The van der Waals surface area contributed by atoms with Crippen molar-refractivity contribution in [3.63, 3.8) is 0 Å². The normalized spacial score (nSPS) is 39.8. The quantitative estimate of drug-likeness (QED) is 0.365. The number of allylic oxidation sites excluding steroid dienone is 1. The number of carbonyl (C=O) groups is 1.